The molecule has 0 radical (unpaired) electrons. The Kier molecular flexibility index (Phi) is 9.32. The van der Waals surface area contributed by atoms with E-state index in [4.69, 9.17) is 0 Å². The molecule has 2 nitrogen and oxygen atoms in total. The van der Waals surface area contributed by atoms with Crippen LogP contribution in [0.5, 0.6) is 0 Å². The first kappa shape index (κ1) is 31.5. The van der Waals surface area contributed by atoms with E-state index < -0.39 is 7.92 Å². The van der Waals surface area contributed by atoms with Gasteiger partial charge in [-0.25, -0.2) is 0 Å². The van der Waals surface area contributed by atoms with Gasteiger partial charge in [0.1, 0.15) is 0 Å². The van der Waals surface area contributed by atoms with Crippen molar-refractivity contribution in [3.05, 3.63) is 167 Å². The molecular weight excluding hydrogens is 587 g/mol. The van der Waals surface area contributed by atoms with Gasteiger partial charge in [0.25, 0.3) is 0 Å². The van der Waals surface area contributed by atoms with Crippen LogP contribution < -0.4 is 20.8 Å². The first-order valence-corrected chi connectivity index (χ1v) is 18.7. The molecule has 5 aromatic rings. The lowest BCUT2D eigenvalue weighted by Gasteiger charge is -2.29. The molecular formula is C44H47N2P. The molecule has 0 spiro atoms. The second-order valence-corrected chi connectivity index (χ2v) is 16.0. The van der Waals surface area contributed by atoms with Crippen molar-refractivity contribution in [2.75, 3.05) is 11.6 Å². The minimum atomic E-state index is -0.627. The molecule has 0 atom stereocenters. The van der Waals surface area contributed by atoms with E-state index in [1.165, 1.54) is 60.5 Å². The summed E-state index contributed by atoms with van der Waals surface area (Å²) in [4.78, 5) is 4.97. The molecule has 0 unspecified atom stereocenters. The largest absolute Gasteiger partial charge is 0.354 e. The SMILES string of the molecule is CC(C)c1cccc(C(C)C)c1N1C=CN(Cc2cc3ccc2CCc2ccc(c(P(c4ccccc4)c4ccccc4)c2)CC3)C1. The van der Waals surface area contributed by atoms with Crippen molar-refractivity contribution in [1.29, 1.82) is 0 Å². The Morgan fingerprint density at radius 2 is 1.15 bits per heavy atom. The summed E-state index contributed by atoms with van der Waals surface area (Å²) in [5, 5.41) is 4.37. The molecule has 5 aliphatic rings. The highest BCUT2D eigenvalue weighted by molar-refractivity contribution is 7.79. The third-order valence-corrected chi connectivity index (χ3v) is 12.4. The van der Waals surface area contributed by atoms with Crippen LogP contribution >= 0.6 is 7.92 Å². The summed E-state index contributed by atoms with van der Waals surface area (Å²) >= 11 is 0. The maximum absolute atomic E-state index is 2.55. The van der Waals surface area contributed by atoms with E-state index in [-0.39, 0.29) is 0 Å². The quantitative estimate of drug-likeness (QED) is 0.157. The number of aryl methyl sites for hydroxylation is 4. The molecule has 10 rings (SSSR count). The van der Waals surface area contributed by atoms with E-state index in [0.717, 1.165) is 38.9 Å². The maximum atomic E-state index is 2.55. The summed E-state index contributed by atoms with van der Waals surface area (Å²) in [5.41, 5.74) is 11.6. The van der Waals surface area contributed by atoms with Crippen LogP contribution in [0.25, 0.3) is 0 Å². The molecule has 238 valence electrons. The Labute approximate surface area is 283 Å². The van der Waals surface area contributed by atoms with Gasteiger partial charge >= 0.3 is 0 Å². The molecule has 0 fully saturated rings. The number of rotatable bonds is 8. The number of nitrogens with zero attached hydrogens (tertiary/aromatic N) is 2. The lowest BCUT2D eigenvalue weighted by Crippen LogP contribution is -2.27. The van der Waals surface area contributed by atoms with Gasteiger partial charge in [0.2, 0.25) is 0 Å². The van der Waals surface area contributed by atoms with Crippen molar-refractivity contribution < 1.29 is 0 Å². The fourth-order valence-corrected chi connectivity index (χ4v) is 9.89. The van der Waals surface area contributed by atoms with Gasteiger partial charge in [-0.3, -0.25) is 0 Å². The molecule has 0 N–H and O–H groups in total. The Bertz CT molecular complexity index is 1790. The highest BCUT2D eigenvalue weighted by atomic mass is 31.1. The number of hydrogen-bond acceptors (Lipinski definition) is 2. The van der Waals surface area contributed by atoms with E-state index in [1.807, 2.05) is 0 Å². The van der Waals surface area contributed by atoms with Crippen molar-refractivity contribution >= 4 is 29.5 Å². The van der Waals surface area contributed by atoms with E-state index in [9.17, 15) is 0 Å². The van der Waals surface area contributed by atoms with Crippen LogP contribution in [0.15, 0.2) is 128 Å². The van der Waals surface area contributed by atoms with Crippen molar-refractivity contribution in [1.82, 2.24) is 4.90 Å². The minimum absolute atomic E-state index is 0.485. The highest BCUT2D eigenvalue weighted by Gasteiger charge is 2.24. The smallest absolute Gasteiger partial charge is 0.0945 e. The molecule has 1 heterocycles. The Hall–Kier alpha value is -4.13. The zero-order valence-electron chi connectivity index (χ0n) is 28.4. The second kappa shape index (κ2) is 13.9. The van der Waals surface area contributed by atoms with Gasteiger partial charge in [0.15, 0.2) is 0 Å². The Morgan fingerprint density at radius 3 is 1.77 bits per heavy atom. The average molecular weight is 635 g/mol. The van der Waals surface area contributed by atoms with Crippen LogP contribution in [-0.4, -0.2) is 11.6 Å². The van der Waals surface area contributed by atoms with Crippen molar-refractivity contribution in [3.63, 3.8) is 0 Å². The number of anilines is 1. The summed E-state index contributed by atoms with van der Waals surface area (Å²) in [6.07, 6.45) is 8.81. The highest BCUT2D eigenvalue weighted by Crippen LogP contribution is 2.38. The van der Waals surface area contributed by atoms with E-state index in [2.05, 4.69) is 165 Å². The minimum Gasteiger partial charge on any atom is -0.354 e. The van der Waals surface area contributed by atoms with E-state index in [1.54, 1.807) is 0 Å². The van der Waals surface area contributed by atoms with Crippen LogP contribution in [0, 0.1) is 0 Å². The molecule has 4 aliphatic carbocycles. The zero-order chi connectivity index (χ0) is 32.3. The Balaban J connectivity index is 1.15. The fourth-order valence-electron chi connectivity index (χ4n) is 7.32. The lowest BCUT2D eigenvalue weighted by atomic mass is 9.92. The summed E-state index contributed by atoms with van der Waals surface area (Å²) in [7, 11) is -0.627. The topological polar surface area (TPSA) is 6.48 Å². The van der Waals surface area contributed by atoms with Crippen LogP contribution in [-0.2, 0) is 32.2 Å². The van der Waals surface area contributed by atoms with Crippen LogP contribution in [0.2, 0.25) is 0 Å². The van der Waals surface area contributed by atoms with Crippen molar-refractivity contribution in [2.24, 2.45) is 0 Å². The lowest BCUT2D eigenvalue weighted by molar-refractivity contribution is 0.398. The van der Waals surface area contributed by atoms with Gasteiger partial charge in [-0.15, -0.1) is 0 Å². The third-order valence-electron chi connectivity index (χ3n) is 9.85. The molecule has 3 heteroatoms. The van der Waals surface area contributed by atoms with Gasteiger partial charge in [0, 0.05) is 24.6 Å². The first-order chi connectivity index (χ1) is 22.9. The maximum Gasteiger partial charge on any atom is 0.0945 e. The average Bonchev–Trinajstić information content (AvgIpc) is 3.55. The molecule has 0 amide bonds. The molecule has 5 aromatic carbocycles. The monoisotopic (exact) mass is 634 g/mol. The summed E-state index contributed by atoms with van der Waals surface area (Å²) in [6.45, 7) is 11.1. The number of hydrogen-bond donors (Lipinski definition) is 0. The van der Waals surface area contributed by atoms with Gasteiger partial charge in [-0.1, -0.05) is 143 Å². The third kappa shape index (κ3) is 6.81. The zero-order valence-corrected chi connectivity index (χ0v) is 29.3. The molecule has 0 saturated carbocycles. The standard InChI is InChI=1S/C44H47N2P/c1-32(2)41-16-11-17-42(33(3)4)44(41)46-27-26-45(31-46)30-38-28-34-18-22-36(38)23-19-35-21-25-37(24-20-34)43(29-35)47(39-12-7-5-8-13-39)40-14-9-6-10-15-40/h5-18,21-22,25-29,32-33H,19-20,23-24,30-31H2,1-4H3. The fraction of sp³-hybridized carbons (Fsp3) is 0.273. The first-order valence-electron chi connectivity index (χ1n) is 17.4. The molecule has 1 aliphatic heterocycles. The van der Waals surface area contributed by atoms with Crippen molar-refractivity contribution in [2.45, 2.75) is 71.8 Å². The second-order valence-electron chi connectivity index (χ2n) is 13.8. The molecule has 0 aromatic heterocycles. The van der Waals surface area contributed by atoms with E-state index in [0.29, 0.717) is 11.8 Å². The molecule has 0 saturated heterocycles. The van der Waals surface area contributed by atoms with Crippen LogP contribution in [0.4, 0.5) is 5.69 Å². The predicted molar refractivity (Wildman–Crippen MR) is 203 cm³/mol. The number of para-hydroxylation sites is 1. The molecule has 4 bridgehead atoms. The normalized spacial score (nSPS) is 14.4. The summed E-state index contributed by atoms with van der Waals surface area (Å²) in [5.74, 6) is 0.971. The van der Waals surface area contributed by atoms with Crippen LogP contribution in [0.3, 0.4) is 0 Å². The number of benzene rings is 5. The van der Waals surface area contributed by atoms with Gasteiger partial charge in [-0.2, -0.15) is 0 Å². The van der Waals surface area contributed by atoms with Gasteiger partial charge < -0.3 is 9.80 Å². The van der Waals surface area contributed by atoms with Gasteiger partial charge in [0.05, 0.1) is 6.67 Å². The van der Waals surface area contributed by atoms with E-state index >= 15 is 0 Å². The Morgan fingerprint density at radius 1 is 0.574 bits per heavy atom. The van der Waals surface area contributed by atoms with Crippen LogP contribution in [0.1, 0.15) is 78.5 Å². The predicted octanol–water partition coefficient (Wildman–Crippen LogP) is 9.33. The van der Waals surface area contributed by atoms with Crippen molar-refractivity contribution in [3.8, 4) is 0 Å². The summed E-state index contributed by atoms with van der Waals surface area (Å²) in [6, 6.07) is 43.9. The van der Waals surface area contributed by atoms with Gasteiger partial charge in [-0.05, 0) is 100 Å². The molecule has 47 heavy (non-hydrogen) atoms. The summed E-state index contributed by atoms with van der Waals surface area (Å²) < 4.78 is 0.